The van der Waals surface area contributed by atoms with Crippen molar-refractivity contribution in [2.75, 3.05) is 31.2 Å². The Kier molecular flexibility index (Phi) is 6.67. The molecule has 0 aromatic heterocycles. The predicted molar refractivity (Wildman–Crippen MR) is 81.5 cm³/mol. The van der Waals surface area contributed by atoms with Crippen LogP contribution >= 0.6 is 11.6 Å². The molecule has 5 heteroatoms. The molecule has 1 amide bonds. The van der Waals surface area contributed by atoms with Gasteiger partial charge in [-0.15, -0.1) is 0 Å². The van der Waals surface area contributed by atoms with Gasteiger partial charge in [-0.25, -0.2) is 0 Å². The first-order valence-electron chi connectivity index (χ1n) is 6.56. The van der Waals surface area contributed by atoms with Gasteiger partial charge in [-0.05, 0) is 38.2 Å². The van der Waals surface area contributed by atoms with Crippen molar-refractivity contribution in [3.05, 3.63) is 23.2 Å². The summed E-state index contributed by atoms with van der Waals surface area (Å²) in [5, 5.41) is 3.34. The zero-order valence-electron chi connectivity index (χ0n) is 11.6. The summed E-state index contributed by atoms with van der Waals surface area (Å²) in [5.41, 5.74) is 6.87. The molecule has 0 unspecified atom stereocenters. The lowest BCUT2D eigenvalue weighted by Crippen LogP contribution is -2.31. The molecule has 3 N–H and O–H groups in total. The SMILES string of the molecule is CCCCCN(C)CC(=O)Nc1cc(Cl)ccc1N. The monoisotopic (exact) mass is 283 g/mol. The van der Waals surface area contributed by atoms with E-state index in [9.17, 15) is 4.79 Å². The van der Waals surface area contributed by atoms with Gasteiger partial charge in [0.05, 0.1) is 17.9 Å². The molecule has 106 valence electrons. The van der Waals surface area contributed by atoms with Crippen LogP contribution in [-0.4, -0.2) is 30.9 Å². The summed E-state index contributed by atoms with van der Waals surface area (Å²) in [4.78, 5) is 13.9. The molecule has 1 aromatic carbocycles. The zero-order chi connectivity index (χ0) is 14.3. The van der Waals surface area contributed by atoms with E-state index in [4.69, 9.17) is 17.3 Å². The predicted octanol–water partition coefficient (Wildman–Crippen LogP) is 2.98. The number of carbonyl (C=O) groups is 1. The van der Waals surface area contributed by atoms with Gasteiger partial charge in [0.2, 0.25) is 5.91 Å². The molecule has 0 heterocycles. The smallest absolute Gasteiger partial charge is 0.238 e. The van der Waals surface area contributed by atoms with Crippen molar-refractivity contribution in [1.82, 2.24) is 4.90 Å². The van der Waals surface area contributed by atoms with Gasteiger partial charge in [-0.2, -0.15) is 0 Å². The van der Waals surface area contributed by atoms with E-state index in [1.807, 2.05) is 11.9 Å². The van der Waals surface area contributed by atoms with Gasteiger partial charge in [0.25, 0.3) is 0 Å². The number of hydrogen-bond acceptors (Lipinski definition) is 3. The summed E-state index contributed by atoms with van der Waals surface area (Å²) in [6.45, 7) is 3.44. The lowest BCUT2D eigenvalue weighted by atomic mass is 10.2. The second-order valence-corrected chi connectivity index (χ2v) is 5.16. The van der Waals surface area contributed by atoms with E-state index in [1.54, 1.807) is 18.2 Å². The van der Waals surface area contributed by atoms with E-state index < -0.39 is 0 Å². The molecule has 0 spiro atoms. The Balaban J connectivity index is 2.44. The minimum Gasteiger partial charge on any atom is -0.397 e. The normalized spacial score (nSPS) is 10.7. The number of amides is 1. The summed E-state index contributed by atoms with van der Waals surface area (Å²) in [5.74, 6) is -0.0760. The van der Waals surface area contributed by atoms with Gasteiger partial charge in [-0.3, -0.25) is 9.69 Å². The van der Waals surface area contributed by atoms with Crippen LogP contribution in [0, 0.1) is 0 Å². The number of carbonyl (C=O) groups excluding carboxylic acids is 1. The van der Waals surface area contributed by atoms with Gasteiger partial charge in [0.15, 0.2) is 0 Å². The molecule has 0 radical (unpaired) electrons. The van der Waals surface area contributed by atoms with Gasteiger partial charge in [-0.1, -0.05) is 31.4 Å². The van der Waals surface area contributed by atoms with Crippen LogP contribution in [-0.2, 0) is 4.79 Å². The highest BCUT2D eigenvalue weighted by molar-refractivity contribution is 6.31. The number of benzene rings is 1. The average Bonchev–Trinajstić information content (AvgIpc) is 2.34. The lowest BCUT2D eigenvalue weighted by molar-refractivity contribution is -0.117. The minimum absolute atomic E-state index is 0.0760. The van der Waals surface area contributed by atoms with Gasteiger partial charge in [0.1, 0.15) is 0 Å². The van der Waals surface area contributed by atoms with E-state index in [-0.39, 0.29) is 5.91 Å². The van der Waals surface area contributed by atoms with Crippen LogP contribution in [0.4, 0.5) is 11.4 Å². The third-order valence-corrected chi connectivity index (χ3v) is 3.08. The van der Waals surface area contributed by atoms with E-state index >= 15 is 0 Å². The molecule has 1 rings (SSSR count). The summed E-state index contributed by atoms with van der Waals surface area (Å²) in [6, 6.07) is 5.04. The van der Waals surface area contributed by atoms with Gasteiger partial charge in [0, 0.05) is 5.02 Å². The number of unbranched alkanes of at least 4 members (excludes halogenated alkanes) is 2. The third-order valence-electron chi connectivity index (χ3n) is 2.85. The number of nitrogens with one attached hydrogen (secondary N) is 1. The number of halogens is 1. The highest BCUT2D eigenvalue weighted by Gasteiger charge is 2.08. The molecule has 0 saturated carbocycles. The van der Waals surface area contributed by atoms with Crippen molar-refractivity contribution >= 4 is 28.9 Å². The van der Waals surface area contributed by atoms with E-state index in [2.05, 4.69) is 12.2 Å². The first-order valence-corrected chi connectivity index (χ1v) is 6.94. The molecular formula is C14H22ClN3O. The first-order chi connectivity index (χ1) is 9.02. The summed E-state index contributed by atoms with van der Waals surface area (Å²) < 4.78 is 0. The number of nitrogens with zero attached hydrogens (tertiary/aromatic N) is 1. The van der Waals surface area contributed by atoms with Crippen LogP contribution in [0.1, 0.15) is 26.2 Å². The Morgan fingerprint density at radius 2 is 2.16 bits per heavy atom. The molecule has 1 aromatic rings. The Hall–Kier alpha value is -1.26. The van der Waals surface area contributed by atoms with Gasteiger partial charge < -0.3 is 11.1 Å². The molecule has 0 bridgehead atoms. The van der Waals surface area contributed by atoms with E-state index in [1.165, 1.54) is 12.8 Å². The Morgan fingerprint density at radius 3 is 2.84 bits per heavy atom. The lowest BCUT2D eigenvalue weighted by Gasteiger charge is -2.16. The summed E-state index contributed by atoms with van der Waals surface area (Å²) in [6.07, 6.45) is 3.48. The van der Waals surface area contributed by atoms with Crippen LogP contribution < -0.4 is 11.1 Å². The molecule has 4 nitrogen and oxygen atoms in total. The maximum absolute atomic E-state index is 11.9. The number of nitrogen functional groups attached to an aromatic ring is 1. The average molecular weight is 284 g/mol. The maximum atomic E-state index is 11.9. The van der Waals surface area contributed by atoms with Crippen molar-refractivity contribution in [1.29, 1.82) is 0 Å². The second-order valence-electron chi connectivity index (χ2n) is 4.72. The van der Waals surface area contributed by atoms with Crippen molar-refractivity contribution in [3.63, 3.8) is 0 Å². The van der Waals surface area contributed by atoms with Crippen molar-refractivity contribution in [3.8, 4) is 0 Å². The van der Waals surface area contributed by atoms with Gasteiger partial charge >= 0.3 is 0 Å². The topological polar surface area (TPSA) is 58.4 Å². The molecule has 0 aliphatic heterocycles. The highest BCUT2D eigenvalue weighted by atomic mass is 35.5. The Labute approximate surface area is 119 Å². The Bertz CT molecular complexity index is 423. The van der Waals surface area contributed by atoms with Crippen LogP contribution in [0.5, 0.6) is 0 Å². The van der Waals surface area contributed by atoms with Crippen molar-refractivity contribution in [2.24, 2.45) is 0 Å². The fraction of sp³-hybridized carbons (Fsp3) is 0.500. The first kappa shape index (κ1) is 15.8. The number of rotatable bonds is 7. The number of nitrogens with two attached hydrogens (primary N) is 1. The fourth-order valence-electron chi connectivity index (χ4n) is 1.78. The maximum Gasteiger partial charge on any atom is 0.238 e. The molecular weight excluding hydrogens is 262 g/mol. The number of likely N-dealkylation sites (N-methyl/N-ethyl adjacent to an activating group) is 1. The molecule has 0 fully saturated rings. The molecule has 0 aliphatic carbocycles. The standard InChI is InChI=1S/C14H22ClN3O/c1-3-4-5-8-18(2)10-14(19)17-13-9-11(15)6-7-12(13)16/h6-7,9H,3-5,8,10,16H2,1-2H3,(H,17,19). The van der Waals surface area contributed by atoms with Crippen molar-refractivity contribution in [2.45, 2.75) is 26.2 Å². The fourth-order valence-corrected chi connectivity index (χ4v) is 1.95. The summed E-state index contributed by atoms with van der Waals surface area (Å²) >= 11 is 5.87. The molecule has 0 aliphatic rings. The van der Waals surface area contributed by atoms with Crippen molar-refractivity contribution < 1.29 is 4.79 Å². The molecule has 19 heavy (non-hydrogen) atoms. The third kappa shape index (κ3) is 5.94. The van der Waals surface area contributed by atoms with E-state index in [0.717, 1.165) is 13.0 Å². The quantitative estimate of drug-likeness (QED) is 0.597. The summed E-state index contributed by atoms with van der Waals surface area (Å²) in [7, 11) is 1.94. The molecule has 0 saturated heterocycles. The van der Waals surface area contributed by atoms with Crippen LogP contribution in [0.15, 0.2) is 18.2 Å². The Morgan fingerprint density at radius 1 is 1.42 bits per heavy atom. The second kappa shape index (κ2) is 8.02. The van der Waals surface area contributed by atoms with E-state index in [0.29, 0.717) is 22.9 Å². The van der Waals surface area contributed by atoms with Crippen LogP contribution in [0.3, 0.4) is 0 Å². The zero-order valence-corrected chi connectivity index (χ0v) is 12.3. The molecule has 0 atom stereocenters. The van der Waals surface area contributed by atoms with Crippen LogP contribution in [0.25, 0.3) is 0 Å². The van der Waals surface area contributed by atoms with Crippen LogP contribution in [0.2, 0.25) is 5.02 Å². The number of anilines is 2. The largest absolute Gasteiger partial charge is 0.397 e. The minimum atomic E-state index is -0.0760. The highest BCUT2D eigenvalue weighted by Crippen LogP contribution is 2.22. The number of hydrogen-bond donors (Lipinski definition) is 2.